The summed E-state index contributed by atoms with van der Waals surface area (Å²) in [5.74, 6) is 0. The van der Waals surface area contributed by atoms with Crippen LogP contribution < -0.4 is 5.43 Å². The minimum absolute atomic E-state index is 0.286. The van der Waals surface area contributed by atoms with Crippen LogP contribution in [0.3, 0.4) is 0 Å². The van der Waals surface area contributed by atoms with E-state index in [1.54, 1.807) is 47.0 Å². The van der Waals surface area contributed by atoms with E-state index >= 15 is 0 Å². The summed E-state index contributed by atoms with van der Waals surface area (Å²) in [5, 5.41) is 0.664. The fourth-order valence-electron chi connectivity index (χ4n) is 4.13. The molecule has 0 amide bonds. The van der Waals surface area contributed by atoms with Gasteiger partial charge in [0.25, 0.3) is 0 Å². The second-order valence-corrected chi connectivity index (χ2v) is 7.83. The summed E-state index contributed by atoms with van der Waals surface area (Å²) in [6, 6.07) is 3.59. The lowest BCUT2D eigenvalue weighted by Gasteiger charge is -2.12. The lowest BCUT2D eigenvalue weighted by atomic mass is 10.2. The fourth-order valence-corrected chi connectivity index (χ4v) is 4.13. The van der Waals surface area contributed by atoms with Crippen LogP contribution in [-0.2, 0) is 28.2 Å². The summed E-state index contributed by atoms with van der Waals surface area (Å²) in [6.07, 6.45) is 5.76. The second-order valence-electron chi connectivity index (χ2n) is 7.83. The standard InChI is InChI=1S/C21H18N12O/c1-30-11-5-13(24-7-22-11)31(2)18-15-17(34)16-19(32(3)14-6-12(30)23-8-25-14)27-10-29-21(16)33(4)20(15)28-9-26-18/h5-10H,1-4H3. The third-order valence-corrected chi connectivity index (χ3v) is 5.99. The van der Waals surface area contributed by atoms with Gasteiger partial charge in [-0.3, -0.25) is 4.79 Å². The topological polar surface area (TPSA) is 140 Å². The SMILES string of the molecule is Cn1c2cc(ncn2)n(C)c2ncnc3c2c(=O)c2c(ncnc2n3C)n(C)c2cc1ncn2. The molecule has 6 aromatic rings. The molecule has 34 heavy (non-hydrogen) atoms. The van der Waals surface area contributed by atoms with E-state index in [2.05, 4.69) is 39.9 Å². The minimum atomic E-state index is -0.286. The molecule has 6 rings (SSSR count). The lowest BCUT2D eigenvalue weighted by molar-refractivity contribution is 0.897. The van der Waals surface area contributed by atoms with E-state index in [0.29, 0.717) is 55.9 Å². The summed E-state index contributed by atoms with van der Waals surface area (Å²) in [5.41, 5.74) is 3.74. The van der Waals surface area contributed by atoms with Crippen molar-refractivity contribution in [1.82, 2.24) is 58.1 Å². The Balaban J connectivity index is 2.07. The molecule has 6 heterocycles. The molecule has 0 atom stereocenters. The average Bonchev–Trinajstić information content (AvgIpc) is 2.89. The molecule has 0 radical (unpaired) electrons. The Kier molecular flexibility index (Phi) is 4.14. The molecule has 6 bridgehead atoms. The van der Waals surface area contributed by atoms with E-state index in [9.17, 15) is 4.79 Å². The summed E-state index contributed by atoms with van der Waals surface area (Å²) < 4.78 is 7.06. The maximum Gasteiger partial charge on any atom is 0.208 e. The van der Waals surface area contributed by atoms with Gasteiger partial charge in [0, 0.05) is 40.3 Å². The third-order valence-electron chi connectivity index (χ3n) is 5.99. The van der Waals surface area contributed by atoms with E-state index in [1.165, 1.54) is 25.3 Å². The quantitative estimate of drug-likeness (QED) is 0.308. The number of pyridine rings is 1. The molecule has 0 N–H and O–H groups in total. The molecule has 0 saturated carbocycles. The predicted molar refractivity (Wildman–Crippen MR) is 125 cm³/mol. The van der Waals surface area contributed by atoms with E-state index < -0.39 is 0 Å². The summed E-state index contributed by atoms with van der Waals surface area (Å²) in [6.45, 7) is 0. The van der Waals surface area contributed by atoms with Crippen molar-refractivity contribution in [2.24, 2.45) is 28.2 Å². The molecule has 6 aromatic heterocycles. The molecule has 0 aliphatic rings. The molecule has 0 unspecified atom stereocenters. The van der Waals surface area contributed by atoms with Gasteiger partial charge < -0.3 is 18.3 Å². The number of hydrogen-bond donors (Lipinski definition) is 0. The first-order valence-corrected chi connectivity index (χ1v) is 10.3. The van der Waals surface area contributed by atoms with Gasteiger partial charge in [-0.25, -0.2) is 39.9 Å². The molecule has 0 spiro atoms. The Hall–Kier alpha value is -4.81. The highest BCUT2D eigenvalue weighted by Gasteiger charge is 2.17. The third kappa shape index (κ3) is 2.69. The average molecular weight is 454 g/mol. The molecular formula is C21H18N12O. The van der Waals surface area contributed by atoms with E-state index in [0.717, 1.165) is 0 Å². The van der Waals surface area contributed by atoms with Gasteiger partial charge in [0.2, 0.25) is 5.43 Å². The Morgan fingerprint density at radius 2 is 0.794 bits per heavy atom. The summed E-state index contributed by atoms with van der Waals surface area (Å²) in [7, 11) is 7.25. The van der Waals surface area contributed by atoms with Gasteiger partial charge in [0.1, 0.15) is 58.7 Å². The van der Waals surface area contributed by atoms with Gasteiger partial charge in [0.05, 0.1) is 0 Å². The first-order valence-electron chi connectivity index (χ1n) is 10.3. The maximum absolute atomic E-state index is 14.0. The van der Waals surface area contributed by atoms with Crippen molar-refractivity contribution in [3.05, 3.63) is 47.7 Å². The Morgan fingerprint density at radius 3 is 1.21 bits per heavy atom. The first kappa shape index (κ1) is 19.8. The van der Waals surface area contributed by atoms with Gasteiger partial charge in [-0.2, -0.15) is 0 Å². The zero-order valence-corrected chi connectivity index (χ0v) is 18.7. The number of fused-ring (bicyclic) bond motifs is 4. The van der Waals surface area contributed by atoms with Crippen LogP contribution in [0, 0.1) is 0 Å². The number of aryl methyl sites for hydroxylation is 4. The molecule has 0 aromatic carbocycles. The van der Waals surface area contributed by atoms with Crippen molar-refractivity contribution >= 4 is 55.9 Å². The van der Waals surface area contributed by atoms with Crippen molar-refractivity contribution in [1.29, 1.82) is 0 Å². The van der Waals surface area contributed by atoms with Gasteiger partial charge in [0.15, 0.2) is 22.6 Å². The zero-order chi connectivity index (χ0) is 23.6. The van der Waals surface area contributed by atoms with E-state index in [-0.39, 0.29) is 5.43 Å². The Morgan fingerprint density at radius 1 is 0.471 bits per heavy atom. The van der Waals surface area contributed by atoms with Crippen molar-refractivity contribution in [2.45, 2.75) is 0 Å². The molecule has 13 nitrogen and oxygen atoms in total. The van der Waals surface area contributed by atoms with E-state index in [4.69, 9.17) is 0 Å². The number of hydrogen-bond acceptors (Lipinski definition) is 9. The molecule has 168 valence electrons. The van der Waals surface area contributed by atoms with Crippen LogP contribution in [0.2, 0.25) is 0 Å². The largest absolute Gasteiger partial charge is 0.314 e. The zero-order valence-electron chi connectivity index (χ0n) is 18.7. The predicted octanol–water partition coefficient (Wildman–Crippen LogP) is 1.01. The highest BCUT2D eigenvalue weighted by Crippen LogP contribution is 2.20. The fraction of sp³-hybridized carbons (Fsp3) is 0.190. The monoisotopic (exact) mass is 454 g/mol. The van der Waals surface area contributed by atoms with Crippen LogP contribution in [0.15, 0.2) is 42.2 Å². The van der Waals surface area contributed by atoms with Crippen LogP contribution >= 0.6 is 0 Å². The second kappa shape index (κ2) is 7.10. The van der Waals surface area contributed by atoms with E-state index in [1.807, 2.05) is 11.6 Å². The molecule has 0 saturated heterocycles. The van der Waals surface area contributed by atoms with Gasteiger partial charge in [-0.15, -0.1) is 0 Å². The lowest BCUT2D eigenvalue weighted by Crippen LogP contribution is -2.16. The Labute approximate surface area is 190 Å². The summed E-state index contributed by atoms with van der Waals surface area (Å²) >= 11 is 0. The van der Waals surface area contributed by atoms with Gasteiger partial charge in [-0.05, 0) is 0 Å². The number of aromatic nitrogens is 12. The van der Waals surface area contributed by atoms with Gasteiger partial charge in [-0.1, -0.05) is 0 Å². The van der Waals surface area contributed by atoms with Crippen LogP contribution in [0.25, 0.3) is 55.9 Å². The maximum atomic E-state index is 14.0. The number of nitrogens with zero attached hydrogens (tertiary/aromatic N) is 12. The van der Waals surface area contributed by atoms with Crippen molar-refractivity contribution in [3.8, 4) is 0 Å². The van der Waals surface area contributed by atoms with Crippen LogP contribution in [0.1, 0.15) is 0 Å². The Bertz CT molecular complexity index is 1810. The van der Waals surface area contributed by atoms with Crippen LogP contribution in [0.4, 0.5) is 0 Å². The smallest absolute Gasteiger partial charge is 0.208 e. The molecule has 0 aliphatic heterocycles. The molecule has 0 aliphatic carbocycles. The normalized spacial score (nSPS) is 11.6. The van der Waals surface area contributed by atoms with Crippen molar-refractivity contribution < 1.29 is 0 Å². The minimum Gasteiger partial charge on any atom is -0.314 e. The van der Waals surface area contributed by atoms with Crippen LogP contribution in [0.5, 0.6) is 0 Å². The highest BCUT2D eigenvalue weighted by molar-refractivity contribution is 6.01. The van der Waals surface area contributed by atoms with Crippen molar-refractivity contribution in [2.75, 3.05) is 0 Å². The highest BCUT2D eigenvalue weighted by atomic mass is 16.1. The first-order chi connectivity index (χ1) is 16.5. The van der Waals surface area contributed by atoms with Crippen LogP contribution in [-0.4, -0.2) is 58.1 Å². The van der Waals surface area contributed by atoms with Gasteiger partial charge >= 0.3 is 0 Å². The molecule has 0 fully saturated rings. The van der Waals surface area contributed by atoms with Crippen molar-refractivity contribution in [3.63, 3.8) is 0 Å². The molecular weight excluding hydrogens is 436 g/mol. The summed E-state index contributed by atoms with van der Waals surface area (Å²) in [4.78, 5) is 49.3. The number of rotatable bonds is 0. The molecule has 13 heteroatoms.